The van der Waals surface area contributed by atoms with E-state index in [0.29, 0.717) is 0 Å². The van der Waals surface area contributed by atoms with Crippen LogP contribution in [0.4, 0.5) is 0 Å². The van der Waals surface area contributed by atoms with Crippen LogP contribution in [0.15, 0.2) is 218 Å². The van der Waals surface area contributed by atoms with Crippen LogP contribution in [0.1, 0.15) is 11.1 Å². The maximum absolute atomic E-state index is 4.93. The molecule has 0 saturated carbocycles. The van der Waals surface area contributed by atoms with Gasteiger partial charge in [0.25, 0.3) is 0 Å². The van der Waals surface area contributed by atoms with Crippen molar-refractivity contribution < 1.29 is 20.8 Å². The second kappa shape index (κ2) is 22.1. The molecule has 0 saturated heterocycles. The van der Waals surface area contributed by atoms with Crippen molar-refractivity contribution in [3.8, 4) is 66.8 Å². The minimum atomic E-state index is -0.826. The Morgan fingerprint density at radius 3 is 0.984 bits per heavy atom. The van der Waals surface area contributed by atoms with Crippen LogP contribution in [-0.2, 0) is 20.8 Å². The fraction of sp³-hybridized carbons (Fsp3) is 0.0690. The molecule has 0 amide bonds. The standard InChI is InChI=1S/2C28H21.C2H6Si.2ClH.Zr/c2*1-20-10-8-9-15-25(20)28-26(22-13-6-3-7-14-22)17-16-23-18-24(19-27(23)28)21-11-4-2-5-12-21;1-3-2;;;/h2*2-19H,1H3;1-2H3;2*1H;/q2*-1;;;;+4/p-2. The van der Waals surface area contributed by atoms with Gasteiger partial charge in [-0.25, -0.2) is 0 Å². The molecule has 4 heteroatoms. The van der Waals surface area contributed by atoms with Gasteiger partial charge in [0.15, 0.2) is 0 Å². The van der Waals surface area contributed by atoms with Crippen LogP contribution < -0.4 is 0 Å². The number of hydrogen-bond donors (Lipinski definition) is 0. The molecule has 0 aliphatic carbocycles. The molecular formula is C58H48Cl2SiZr. The van der Waals surface area contributed by atoms with Crippen molar-refractivity contribution in [2.45, 2.75) is 26.9 Å². The Kier molecular flexibility index (Phi) is 16.0. The van der Waals surface area contributed by atoms with Crippen molar-refractivity contribution in [3.05, 3.63) is 230 Å². The Bertz CT molecular complexity index is 2750. The van der Waals surface area contributed by atoms with Crippen molar-refractivity contribution in [2.75, 3.05) is 0 Å². The molecule has 10 rings (SSSR count). The van der Waals surface area contributed by atoms with E-state index < -0.39 is 20.8 Å². The van der Waals surface area contributed by atoms with Crippen LogP contribution in [0.2, 0.25) is 13.1 Å². The van der Waals surface area contributed by atoms with E-state index in [4.69, 9.17) is 17.0 Å². The van der Waals surface area contributed by atoms with Crippen LogP contribution in [0, 0.1) is 13.8 Å². The van der Waals surface area contributed by atoms with E-state index in [0.717, 1.165) is 9.52 Å². The van der Waals surface area contributed by atoms with E-state index in [2.05, 4.69) is 245 Å². The van der Waals surface area contributed by atoms with E-state index in [-0.39, 0.29) is 0 Å². The Balaban J connectivity index is 0.000000166. The maximum atomic E-state index is 4.93. The Morgan fingerprint density at radius 2 is 0.661 bits per heavy atom. The predicted octanol–water partition coefficient (Wildman–Crippen LogP) is 17.9. The zero-order valence-electron chi connectivity index (χ0n) is 35.5. The van der Waals surface area contributed by atoms with Gasteiger partial charge >= 0.3 is 37.9 Å². The zero-order valence-corrected chi connectivity index (χ0v) is 40.5. The molecule has 0 heterocycles. The van der Waals surface area contributed by atoms with Gasteiger partial charge in [-0.1, -0.05) is 206 Å². The molecule has 0 nitrogen and oxygen atoms in total. The second-order valence-corrected chi connectivity index (χ2v) is 19.9. The molecule has 0 atom stereocenters. The molecule has 62 heavy (non-hydrogen) atoms. The summed E-state index contributed by atoms with van der Waals surface area (Å²) in [6, 6.07) is 78.4. The number of rotatable bonds is 6. The summed E-state index contributed by atoms with van der Waals surface area (Å²) in [4.78, 5) is 0. The summed E-state index contributed by atoms with van der Waals surface area (Å²) in [5.74, 6) is 0. The first kappa shape index (κ1) is 44.7. The fourth-order valence-electron chi connectivity index (χ4n) is 8.16. The van der Waals surface area contributed by atoms with E-state index >= 15 is 0 Å². The van der Waals surface area contributed by atoms with Gasteiger partial charge in [0, 0.05) is 9.52 Å². The Labute approximate surface area is 389 Å². The van der Waals surface area contributed by atoms with Crippen molar-refractivity contribution in [1.82, 2.24) is 0 Å². The molecular weight excluding hydrogens is 887 g/mol. The van der Waals surface area contributed by atoms with Crippen LogP contribution in [-0.4, -0.2) is 9.52 Å². The quantitative estimate of drug-likeness (QED) is 0.115. The fourth-order valence-corrected chi connectivity index (χ4v) is 8.16. The molecule has 0 aliphatic rings. The summed E-state index contributed by atoms with van der Waals surface area (Å²) in [5, 5.41) is 5.21. The molecule has 0 N–H and O–H groups in total. The summed E-state index contributed by atoms with van der Waals surface area (Å²) in [6.45, 7) is 8.70. The molecule has 0 bridgehead atoms. The van der Waals surface area contributed by atoms with Gasteiger partial charge in [0.1, 0.15) is 0 Å². The van der Waals surface area contributed by atoms with Crippen LogP contribution in [0.3, 0.4) is 0 Å². The second-order valence-electron chi connectivity index (χ2n) is 15.1. The first-order valence-electron chi connectivity index (χ1n) is 20.8. The average molecular weight is 935 g/mol. The number of fused-ring (bicyclic) bond motifs is 2. The number of halogens is 2. The average Bonchev–Trinajstić information content (AvgIpc) is 3.97. The molecule has 0 unspecified atom stereocenters. The van der Waals surface area contributed by atoms with Crippen molar-refractivity contribution in [3.63, 3.8) is 0 Å². The molecule has 302 valence electrons. The van der Waals surface area contributed by atoms with E-state index in [9.17, 15) is 0 Å². The van der Waals surface area contributed by atoms with Gasteiger partial charge in [-0.3, -0.25) is 0 Å². The monoisotopic (exact) mass is 932 g/mol. The first-order valence-corrected chi connectivity index (χ1v) is 29.1. The number of aryl methyl sites for hydroxylation is 2. The third kappa shape index (κ3) is 10.5. The molecule has 2 radical (unpaired) electrons. The van der Waals surface area contributed by atoms with Crippen LogP contribution in [0.25, 0.3) is 88.3 Å². The summed E-state index contributed by atoms with van der Waals surface area (Å²) >= 11 is -0.826. The minimum absolute atomic E-state index is 0.826. The predicted molar refractivity (Wildman–Crippen MR) is 270 cm³/mol. The van der Waals surface area contributed by atoms with Gasteiger partial charge in [0.2, 0.25) is 0 Å². The molecule has 0 fully saturated rings. The summed E-state index contributed by atoms with van der Waals surface area (Å²) < 4.78 is 0. The molecule has 10 aromatic carbocycles. The summed E-state index contributed by atoms with van der Waals surface area (Å²) in [5.41, 5.74) is 18.0. The molecule has 10 aromatic rings. The molecule has 0 spiro atoms. The topological polar surface area (TPSA) is 0 Å². The van der Waals surface area contributed by atoms with Gasteiger partial charge in [-0.2, -0.15) is 0 Å². The van der Waals surface area contributed by atoms with Crippen molar-refractivity contribution in [1.29, 1.82) is 0 Å². The zero-order chi connectivity index (χ0) is 43.3. The van der Waals surface area contributed by atoms with Gasteiger partial charge in [-0.15, -0.1) is 69.1 Å². The number of benzene rings is 8. The van der Waals surface area contributed by atoms with Crippen molar-refractivity contribution in [2.24, 2.45) is 0 Å². The first-order chi connectivity index (χ1) is 30.4. The van der Waals surface area contributed by atoms with E-state index in [1.165, 1.54) is 99.4 Å². The normalized spacial score (nSPS) is 10.4. The van der Waals surface area contributed by atoms with Crippen LogP contribution >= 0.6 is 17.0 Å². The summed E-state index contributed by atoms with van der Waals surface area (Å²) in [6.07, 6.45) is 0. The third-order valence-electron chi connectivity index (χ3n) is 11.0. The summed E-state index contributed by atoms with van der Waals surface area (Å²) in [7, 11) is 11.0. The van der Waals surface area contributed by atoms with Gasteiger partial charge in [-0.05, 0) is 69.5 Å². The van der Waals surface area contributed by atoms with Gasteiger partial charge in [0.05, 0.1) is 0 Å². The number of hydrogen-bond acceptors (Lipinski definition) is 0. The van der Waals surface area contributed by atoms with Gasteiger partial charge < -0.3 is 0 Å². The van der Waals surface area contributed by atoms with E-state index in [1.807, 2.05) is 0 Å². The Hall–Kier alpha value is -5.34. The van der Waals surface area contributed by atoms with E-state index in [1.54, 1.807) is 0 Å². The molecule has 0 aliphatic heterocycles. The third-order valence-corrected chi connectivity index (χ3v) is 11.0. The van der Waals surface area contributed by atoms with Crippen molar-refractivity contribution >= 4 is 48.1 Å². The SMILES string of the molecule is C[Si]C.Cc1ccccc1-c1c(-c2ccccc2)ccc2[cH-]c(-c3ccccc3)cc12.Cc1ccccc1-c1c(-c2ccccc2)ccc2[cH-]c(-c3ccccc3)cc12.[Cl][Zr+2][Cl]. The van der Waals surface area contributed by atoms with Crippen LogP contribution in [0.5, 0.6) is 0 Å². The Morgan fingerprint density at radius 1 is 0.371 bits per heavy atom. The molecule has 0 aromatic heterocycles.